The molecule has 1 aromatic heterocycles. The summed E-state index contributed by atoms with van der Waals surface area (Å²) in [6, 6.07) is 17.7. The molecular formula is C33H36F3N5O7. The molecule has 0 aliphatic rings. The Bertz CT molecular complexity index is 1750. The Labute approximate surface area is 273 Å². The van der Waals surface area contributed by atoms with E-state index >= 15 is 0 Å². The van der Waals surface area contributed by atoms with E-state index in [4.69, 9.17) is 30.8 Å². The lowest BCUT2D eigenvalue weighted by Gasteiger charge is -2.25. The average Bonchev–Trinajstić information content (AvgIpc) is 3.00. The summed E-state index contributed by atoms with van der Waals surface area (Å²) in [5.41, 5.74) is 14.3. The van der Waals surface area contributed by atoms with E-state index in [9.17, 15) is 27.9 Å². The van der Waals surface area contributed by atoms with Gasteiger partial charge in [0.05, 0.1) is 25.2 Å². The van der Waals surface area contributed by atoms with Crippen LogP contribution in [0.25, 0.3) is 10.8 Å². The van der Waals surface area contributed by atoms with Crippen LogP contribution in [0.4, 0.5) is 30.4 Å². The second-order valence-corrected chi connectivity index (χ2v) is 10.6. The number of halogens is 3. The van der Waals surface area contributed by atoms with E-state index in [1.165, 1.54) is 0 Å². The van der Waals surface area contributed by atoms with Gasteiger partial charge in [-0.2, -0.15) is 13.2 Å². The molecule has 1 amide bonds. The molecule has 4 aromatic rings. The van der Waals surface area contributed by atoms with Gasteiger partial charge in [-0.3, -0.25) is 9.59 Å². The molecule has 12 nitrogen and oxygen atoms in total. The van der Waals surface area contributed by atoms with Crippen LogP contribution in [-0.2, 0) is 14.4 Å². The zero-order valence-corrected chi connectivity index (χ0v) is 26.2. The summed E-state index contributed by atoms with van der Waals surface area (Å²) in [7, 11) is 0. The number of benzene rings is 3. The summed E-state index contributed by atoms with van der Waals surface area (Å²) < 4.78 is 43.5. The van der Waals surface area contributed by atoms with Crippen molar-refractivity contribution in [3.63, 3.8) is 0 Å². The first-order chi connectivity index (χ1) is 22.6. The maximum absolute atomic E-state index is 13.9. The van der Waals surface area contributed by atoms with Gasteiger partial charge in [-0.1, -0.05) is 18.2 Å². The number of nitrogens with zero attached hydrogens (tertiary/aromatic N) is 1. The van der Waals surface area contributed by atoms with Crippen molar-refractivity contribution in [3.05, 3.63) is 84.1 Å². The Balaban J connectivity index is 0.000000804. The number of rotatable bonds is 12. The highest BCUT2D eigenvalue weighted by molar-refractivity contribution is 5.94. The number of alkyl halides is 3. The third kappa shape index (κ3) is 10.4. The molecule has 0 saturated carbocycles. The minimum atomic E-state index is -5.08. The molecule has 0 fully saturated rings. The van der Waals surface area contributed by atoms with Crippen LogP contribution < -0.4 is 31.6 Å². The smallest absolute Gasteiger partial charge is 0.490 e. The molecule has 1 heterocycles. The lowest BCUT2D eigenvalue weighted by molar-refractivity contribution is -0.192. The van der Waals surface area contributed by atoms with Crippen LogP contribution in [0.3, 0.4) is 0 Å². The summed E-state index contributed by atoms with van der Waals surface area (Å²) in [4.78, 5) is 38.7. The highest BCUT2D eigenvalue weighted by atomic mass is 19.4. The molecule has 15 heteroatoms. The van der Waals surface area contributed by atoms with E-state index in [1.807, 2.05) is 45.0 Å². The zero-order chi connectivity index (χ0) is 35.6. The van der Waals surface area contributed by atoms with Gasteiger partial charge in [0.2, 0.25) is 5.91 Å². The molecule has 0 spiro atoms. The number of carbonyl (C=O) groups excluding carboxylic acids is 1. The summed E-state index contributed by atoms with van der Waals surface area (Å²) in [5.74, 6) is -2.79. The third-order valence-corrected chi connectivity index (χ3v) is 6.58. The van der Waals surface area contributed by atoms with Crippen molar-refractivity contribution in [2.24, 2.45) is 0 Å². The topological polar surface area (TPSA) is 199 Å². The lowest BCUT2D eigenvalue weighted by Crippen LogP contribution is -2.37. The molecule has 0 aliphatic heterocycles. The SMILES string of the molecule is CCOc1cc([C@@H](Nc2ccc3c(N)nccc3c2)C(=O)NC(CC(=O)O)c2cccc(N)c2)ccc1OC(C)C.O=C(O)C(F)(F)F. The van der Waals surface area contributed by atoms with Gasteiger partial charge in [-0.15, -0.1) is 0 Å². The number of nitrogens with two attached hydrogens (primary N) is 2. The number of hydrogen-bond donors (Lipinski definition) is 6. The van der Waals surface area contributed by atoms with E-state index in [1.54, 1.807) is 48.7 Å². The molecule has 256 valence electrons. The van der Waals surface area contributed by atoms with Crippen LogP contribution in [0.5, 0.6) is 11.5 Å². The zero-order valence-electron chi connectivity index (χ0n) is 26.2. The molecule has 0 aliphatic carbocycles. The van der Waals surface area contributed by atoms with Crippen molar-refractivity contribution < 1.29 is 47.2 Å². The van der Waals surface area contributed by atoms with Gasteiger partial charge in [0.15, 0.2) is 11.5 Å². The number of anilines is 3. The fraction of sp³-hybridized carbons (Fsp3) is 0.273. The first-order valence-electron chi connectivity index (χ1n) is 14.6. The summed E-state index contributed by atoms with van der Waals surface area (Å²) in [6.45, 7) is 6.11. The number of carboxylic acids is 2. The van der Waals surface area contributed by atoms with Gasteiger partial charge in [0, 0.05) is 23.0 Å². The van der Waals surface area contributed by atoms with Crippen LogP contribution in [-0.4, -0.2) is 51.9 Å². The molecule has 4 rings (SSSR count). The number of hydrogen-bond acceptors (Lipinski definition) is 9. The first-order valence-corrected chi connectivity index (χ1v) is 14.6. The molecular weight excluding hydrogens is 635 g/mol. The molecule has 0 bridgehead atoms. The average molecular weight is 672 g/mol. The predicted octanol–water partition coefficient (Wildman–Crippen LogP) is 5.70. The van der Waals surface area contributed by atoms with Gasteiger partial charge >= 0.3 is 18.1 Å². The molecule has 0 saturated heterocycles. The normalized spacial score (nSPS) is 12.3. The first kappa shape index (κ1) is 36.7. The number of aliphatic carboxylic acids is 2. The third-order valence-electron chi connectivity index (χ3n) is 6.58. The maximum Gasteiger partial charge on any atom is 0.490 e. The number of carbonyl (C=O) groups is 3. The fourth-order valence-corrected chi connectivity index (χ4v) is 4.54. The Hall–Kier alpha value is -5.73. The van der Waals surface area contributed by atoms with Crippen LogP contribution in [0.15, 0.2) is 72.9 Å². The van der Waals surface area contributed by atoms with E-state index in [0.717, 1.165) is 10.8 Å². The number of nitrogen functional groups attached to an aromatic ring is 2. The van der Waals surface area contributed by atoms with Crippen molar-refractivity contribution in [1.29, 1.82) is 0 Å². The van der Waals surface area contributed by atoms with Crippen LogP contribution in [0.2, 0.25) is 0 Å². The number of nitrogens with one attached hydrogen (secondary N) is 2. The molecule has 1 unspecified atom stereocenters. The standard InChI is InChI=1S/C31H35N5O5.C2HF3O2/c1-4-40-27-16-21(8-11-26(27)41-18(2)3)29(35-23-9-10-24-19(15-23)12-13-34-30(24)33)31(39)36-25(17-28(37)38)20-6-5-7-22(32)14-20;3-2(4,5)1(6)7/h5-16,18,25,29,35H,4,17,32H2,1-3H3,(H2,33,34)(H,36,39)(H,37,38);(H,6,7)/t25?,29-;/m1./s1. The van der Waals surface area contributed by atoms with Gasteiger partial charge in [-0.25, -0.2) is 9.78 Å². The molecule has 2 atom stereocenters. The number of fused-ring (bicyclic) bond motifs is 1. The van der Waals surface area contributed by atoms with Crippen LogP contribution in [0.1, 0.15) is 50.4 Å². The van der Waals surface area contributed by atoms with Crippen LogP contribution in [0, 0.1) is 0 Å². The summed E-state index contributed by atoms with van der Waals surface area (Å²) in [6.07, 6.45) is -3.86. The van der Waals surface area contributed by atoms with Crippen molar-refractivity contribution in [3.8, 4) is 11.5 Å². The maximum atomic E-state index is 13.9. The second-order valence-electron chi connectivity index (χ2n) is 10.6. The number of ether oxygens (including phenoxy) is 2. The number of aromatic nitrogens is 1. The monoisotopic (exact) mass is 671 g/mol. The Morgan fingerprint density at radius 3 is 2.25 bits per heavy atom. The molecule has 0 radical (unpaired) electrons. The summed E-state index contributed by atoms with van der Waals surface area (Å²) >= 11 is 0. The van der Waals surface area contributed by atoms with E-state index in [0.29, 0.717) is 46.4 Å². The number of carboxylic acid groups (broad SMARTS) is 2. The largest absolute Gasteiger partial charge is 0.490 e. The van der Waals surface area contributed by atoms with E-state index in [-0.39, 0.29) is 12.5 Å². The number of amides is 1. The van der Waals surface area contributed by atoms with Crippen LogP contribution >= 0.6 is 0 Å². The van der Waals surface area contributed by atoms with Crippen molar-refractivity contribution in [2.75, 3.05) is 23.4 Å². The van der Waals surface area contributed by atoms with E-state index < -0.39 is 36.1 Å². The van der Waals surface area contributed by atoms with Crippen molar-refractivity contribution in [2.45, 2.75) is 51.6 Å². The Kier molecular flexibility index (Phi) is 12.4. The molecule has 3 aromatic carbocycles. The Morgan fingerprint density at radius 2 is 1.65 bits per heavy atom. The predicted molar refractivity (Wildman–Crippen MR) is 174 cm³/mol. The minimum Gasteiger partial charge on any atom is -0.490 e. The van der Waals surface area contributed by atoms with Crippen molar-refractivity contribution in [1.82, 2.24) is 10.3 Å². The number of pyridine rings is 1. The second kappa shape index (κ2) is 16.2. The van der Waals surface area contributed by atoms with Gasteiger partial charge in [0.1, 0.15) is 11.9 Å². The Morgan fingerprint density at radius 1 is 0.938 bits per heavy atom. The lowest BCUT2D eigenvalue weighted by atomic mass is 10.00. The molecule has 48 heavy (non-hydrogen) atoms. The van der Waals surface area contributed by atoms with Gasteiger partial charge in [0.25, 0.3) is 0 Å². The highest BCUT2D eigenvalue weighted by Crippen LogP contribution is 2.34. The van der Waals surface area contributed by atoms with Crippen molar-refractivity contribution >= 4 is 45.8 Å². The van der Waals surface area contributed by atoms with E-state index in [2.05, 4.69) is 15.6 Å². The quantitative estimate of drug-likeness (QED) is 0.101. The molecule has 8 N–H and O–H groups in total. The summed E-state index contributed by atoms with van der Waals surface area (Å²) in [5, 5.41) is 24.6. The van der Waals surface area contributed by atoms with Gasteiger partial charge in [-0.05, 0) is 85.8 Å². The fourth-order valence-electron chi connectivity index (χ4n) is 4.54. The van der Waals surface area contributed by atoms with Gasteiger partial charge < -0.3 is 41.8 Å². The minimum absolute atomic E-state index is 0.0770. The highest BCUT2D eigenvalue weighted by Gasteiger charge is 2.38.